The third kappa shape index (κ3) is 7.53. The topological polar surface area (TPSA) is 70.7 Å². The lowest BCUT2D eigenvalue weighted by atomic mass is 10.0. The SMILES string of the molecule is CCOc1ccccc1OC(c1ccccc1)C1CN(c2cccc(C(Oc3ccccc3OC)C3CNCCO3)c2)CCO1. The summed E-state index contributed by atoms with van der Waals surface area (Å²) in [5, 5.41) is 3.46. The second kappa shape index (κ2) is 15.2. The summed E-state index contributed by atoms with van der Waals surface area (Å²) in [4.78, 5) is 2.37. The van der Waals surface area contributed by atoms with Crippen LogP contribution < -0.4 is 29.2 Å². The van der Waals surface area contributed by atoms with Crippen molar-refractivity contribution in [3.05, 3.63) is 114 Å². The zero-order chi connectivity index (χ0) is 30.8. The summed E-state index contributed by atoms with van der Waals surface area (Å²) in [7, 11) is 1.66. The van der Waals surface area contributed by atoms with Crippen LogP contribution >= 0.6 is 0 Å². The summed E-state index contributed by atoms with van der Waals surface area (Å²) in [6, 6.07) is 34.4. The molecule has 4 aromatic carbocycles. The van der Waals surface area contributed by atoms with Crippen LogP contribution in [0.15, 0.2) is 103 Å². The average molecular weight is 611 g/mol. The van der Waals surface area contributed by atoms with Gasteiger partial charge in [0.2, 0.25) is 0 Å². The third-order valence-corrected chi connectivity index (χ3v) is 8.14. The molecule has 2 fully saturated rings. The van der Waals surface area contributed by atoms with E-state index in [1.54, 1.807) is 7.11 Å². The molecule has 0 aromatic heterocycles. The number of hydrogen-bond donors (Lipinski definition) is 1. The van der Waals surface area contributed by atoms with E-state index >= 15 is 0 Å². The van der Waals surface area contributed by atoms with Gasteiger partial charge < -0.3 is 38.6 Å². The number of hydrogen-bond acceptors (Lipinski definition) is 8. The summed E-state index contributed by atoms with van der Waals surface area (Å²) in [6.07, 6.45) is -1.04. The van der Waals surface area contributed by atoms with Gasteiger partial charge in [0.15, 0.2) is 35.2 Å². The molecular formula is C37H42N2O6. The lowest BCUT2D eigenvalue weighted by Crippen LogP contribution is -2.46. The quantitative estimate of drug-likeness (QED) is 0.203. The first-order valence-electron chi connectivity index (χ1n) is 15.8. The van der Waals surface area contributed by atoms with Gasteiger partial charge in [-0.1, -0.05) is 66.7 Å². The number of rotatable bonds is 12. The van der Waals surface area contributed by atoms with Gasteiger partial charge in [-0.2, -0.15) is 0 Å². The lowest BCUT2D eigenvalue weighted by molar-refractivity contribution is -0.0439. The Bertz CT molecular complexity index is 1500. The van der Waals surface area contributed by atoms with Crippen molar-refractivity contribution in [2.75, 3.05) is 58.0 Å². The van der Waals surface area contributed by atoms with Gasteiger partial charge in [0, 0.05) is 31.9 Å². The second-order valence-electron chi connectivity index (χ2n) is 11.1. The van der Waals surface area contributed by atoms with E-state index < -0.39 is 0 Å². The first-order chi connectivity index (χ1) is 22.2. The van der Waals surface area contributed by atoms with Crippen molar-refractivity contribution in [3.8, 4) is 23.0 Å². The van der Waals surface area contributed by atoms with Crippen LogP contribution in [0.25, 0.3) is 0 Å². The van der Waals surface area contributed by atoms with E-state index in [1.165, 1.54) is 0 Å². The first-order valence-corrected chi connectivity index (χ1v) is 15.8. The number of morpholine rings is 2. The van der Waals surface area contributed by atoms with Gasteiger partial charge in [0.05, 0.1) is 26.9 Å². The van der Waals surface area contributed by atoms with Gasteiger partial charge in [-0.25, -0.2) is 0 Å². The van der Waals surface area contributed by atoms with Crippen LogP contribution in [0.5, 0.6) is 23.0 Å². The molecule has 8 heteroatoms. The Morgan fingerprint density at radius 1 is 0.733 bits per heavy atom. The number of methoxy groups -OCH3 is 1. The van der Waals surface area contributed by atoms with Crippen molar-refractivity contribution in [2.24, 2.45) is 0 Å². The zero-order valence-corrected chi connectivity index (χ0v) is 26.0. The van der Waals surface area contributed by atoms with E-state index in [1.807, 2.05) is 73.7 Å². The summed E-state index contributed by atoms with van der Waals surface area (Å²) in [5.74, 6) is 2.80. The molecule has 1 N–H and O–H groups in total. The molecule has 0 radical (unpaired) electrons. The third-order valence-electron chi connectivity index (χ3n) is 8.14. The molecule has 0 spiro atoms. The molecule has 0 amide bonds. The van der Waals surface area contributed by atoms with Crippen LogP contribution in [0.3, 0.4) is 0 Å². The molecule has 4 unspecified atom stereocenters. The Hall–Kier alpha value is -4.24. The highest BCUT2D eigenvalue weighted by atomic mass is 16.6. The smallest absolute Gasteiger partial charge is 0.162 e. The lowest BCUT2D eigenvalue weighted by Gasteiger charge is -2.39. The van der Waals surface area contributed by atoms with Gasteiger partial charge in [0.1, 0.15) is 12.2 Å². The minimum absolute atomic E-state index is 0.155. The van der Waals surface area contributed by atoms with Crippen LogP contribution in [-0.2, 0) is 9.47 Å². The molecule has 236 valence electrons. The van der Waals surface area contributed by atoms with E-state index in [-0.39, 0.29) is 24.4 Å². The van der Waals surface area contributed by atoms with Gasteiger partial charge in [-0.3, -0.25) is 0 Å². The van der Waals surface area contributed by atoms with Crippen molar-refractivity contribution in [3.63, 3.8) is 0 Å². The number of para-hydroxylation sites is 4. The van der Waals surface area contributed by atoms with Crippen molar-refractivity contribution in [1.29, 1.82) is 0 Å². The Morgan fingerprint density at radius 3 is 2.09 bits per heavy atom. The standard InChI is InChI=1S/C37H42N2O6/c1-3-41-31-17-8-10-19-33(31)45-36(27-12-5-4-6-13-27)35-26-39(21-23-43-35)29-15-11-14-28(24-29)37(34-25-38-20-22-42-34)44-32-18-9-7-16-30(32)40-2/h4-19,24,34-38H,3,20-23,25-26H2,1-2H3. The summed E-state index contributed by atoms with van der Waals surface area (Å²) >= 11 is 0. The molecule has 4 aromatic rings. The number of benzene rings is 4. The highest BCUT2D eigenvalue weighted by Crippen LogP contribution is 2.37. The van der Waals surface area contributed by atoms with Crippen molar-refractivity contribution >= 4 is 5.69 Å². The fraction of sp³-hybridized carbons (Fsp3) is 0.351. The Balaban J connectivity index is 1.27. The van der Waals surface area contributed by atoms with Crippen LogP contribution in [0.1, 0.15) is 30.3 Å². The Morgan fingerprint density at radius 2 is 1.38 bits per heavy atom. The molecular weight excluding hydrogens is 568 g/mol. The fourth-order valence-electron chi connectivity index (χ4n) is 5.94. The molecule has 0 saturated carbocycles. The second-order valence-corrected chi connectivity index (χ2v) is 11.1. The maximum absolute atomic E-state index is 6.71. The molecule has 2 saturated heterocycles. The monoisotopic (exact) mass is 610 g/mol. The van der Waals surface area contributed by atoms with E-state index in [2.05, 4.69) is 46.6 Å². The molecule has 2 heterocycles. The molecule has 2 aliphatic rings. The van der Waals surface area contributed by atoms with Crippen molar-refractivity contribution in [2.45, 2.75) is 31.3 Å². The zero-order valence-electron chi connectivity index (χ0n) is 26.0. The fourth-order valence-corrected chi connectivity index (χ4v) is 5.94. The van der Waals surface area contributed by atoms with Gasteiger partial charge in [-0.15, -0.1) is 0 Å². The number of nitrogens with one attached hydrogen (secondary N) is 1. The minimum atomic E-state index is -0.332. The first kappa shape index (κ1) is 30.8. The Kier molecular flexibility index (Phi) is 10.4. The molecule has 0 aliphatic carbocycles. The van der Waals surface area contributed by atoms with Crippen LogP contribution in [0, 0.1) is 0 Å². The maximum Gasteiger partial charge on any atom is 0.162 e. The summed E-state index contributed by atoms with van der Waals surface area (Å²) < 4.78 is 37.5. The number of ether oxygens (including phenoxy) is 6. The normalized spacial score (nSPS) is 19.7. The predicted octanol–water partition coefficient (Wildman–Crippen LogP) is 6.23. The van der Waals surface area contributed by atoms with Crippen molar-refractivity contribution < 1.29 is 28.4 Å². The van der Waals surface area contributed by atoms with Crippen LogP contribution in [-0.4, -0.2) is 65.3 Å². The molecule has 8 nitrogen and oxygen atoms in total. The highest BCUT2D eigenvalue weighted by Gasteiger charge is 2.33. The minimum Gasteiger partial charge on any atom is -0.493 e. The maximum atomic E-state index is 6.71. The van der Waals surface area contributed by atoms with E-state index in [4.69, 9.17) is 28.4 Å². The van der Waals surface area contributed by atoms with Gasteiger partial charge in [0.25, 0.3) is 0 Å². The van der Waals surface area contributed by atoms with E-state index in [0.717, 1.165) is 35.7 Å². The molecule has 2 aliphatic heterocycles. The Labute approximate surface area is 265 Å². The molecule has 0 bridgehead atoms. The molecule has 4 atom stereocenters. The van der Waals surface area contributed by atoms with Gasteiger partial charge in [-0.05, 0) is 54.4 Å². The average Bonchev–Trinajstić information content (AvgIpc) is 3.11. The van der Waals surface area contributed by atoms with E-state index in [0.29, 0.717) is 50.2 Å². The largest absolute Gasteiger partial charge is 0.493 e. The number of anilines is 1. The van der Waals surface area contributed by atoms with Crippen molar-refractivity contribution in [1.82, 2.24) is 5.32 Å². The number of nitrogens with zero attached hydrogens (tertiary/aromatic N) is 1. The van der Waals surface area contributed by atoms with Crippen LogP contribution in [0.2, 0.25) is 0 Å². The highest BCUT2D eigenvalue weighted by molar-refractivity contribution is 5.51. The molecule has 45 heavy (non-hydrogen) atoms. The molecule has 6 rings (SSSR count). The van der Waals surface area contributed by atoms with Crippen LogP contribution in [0.4, 0.5) is 5.69 Å². The van der Waals surface area contributed by atoms with Gasteiger partial charge >= 0.3 is 0 Å². The summed E-state index contributed by atoms with van der Waals surface area (Å²) in [6.45, 7) is 6.68. The predicted molar refractivity (Wildman–Crippen MR) is 175 cm³/mol. The van der Waals surface area contributed by atoms with E-state index in [9.17, 15) is 0 Å². The summed E-state index contributed by atoms with van der Waals surface area (Å²) in [5.41, 5.74) is 3.19.